The zero-order chi connectivity index (χ0) is 16.8. The van der Waals surface area contributed by atoms with E-state index in [4.69, 9.17) is 0 Å². The Morgan fingerprint density at radius 3 is 2.88 bits per heavy atom. The monoisotopic (exact) mass is 354 g/mol. The number of aromatic nitrogens is 1. The first-order valence-corrected chi connectivity index (χ1v) is 9.62. The van der Waals surface area contributed by atoms with Gasteiger partial charge < -0.3 is 5.32 Å². The van der Waals surface area contributed by atoms with Gasteiger partial charge in [0.1, 0.15) is 0 Å². The number of rotatable bonds is 6. The van der Waals surface area contributed by atoms with Crippen LogP contribution in [0.4, 0.5) is 0 Å². The normalized spacial score (nSPS) is 10.5. The van der Waals surface area contributed by atoms with Crippen LogP contribution in [0.5, 0.6) is 0 Å². The average Bonchev–Trinajstić information content (AvgIpc) is 3.15. The summed E-state index contributed by atoms with van der Waals surface area (Å²) < 4.78 is 0. The first kappa shape index (κ1) is 16.7. The van der Waals surface area contributed by atoms with Crippen molar-refractivity contribution in [3.8, 4) is 10.4 Å². The highest BCUT2D eigenvalue weighted by Gasteiger charge is 2.11. The number of nitrogens with zero attached hydrogens (tertiary/aromatic N) is 1. The van der Waals surface area contributed by atoms with Crippen molar-refractivity contribution in [1.29, 1.82) is 0 Å². The van der Waals surface area contributed by atoms with E-state index in [0.29, 0.717) is 6.54 Å². The molecule has 3 rings (SSSR count). The standard InChI is InChI=1S/C19H18N2OS2/c1-2-23-18-7-4-3-6-16(18)19(22)21-12-14-10-15(13-20-11-14)17-8-5-9-24-17/h3-11,13H,2,12H2,1H3,(H,21,22). The van der Waals surface area contributed by atoms with E-state index in [0.717, 1.165) is 27.3 Å². The minimum atomic E-state index is -0.0481. The number of thioether (sulfide) groups is 1. The topological polar surface area (TPSA) is 42.0 Å². The van der Waals surface area contributed by atoms with Gasteiger partial charge in [-0.15, -0.1) is 23.1 Å². The molecule has 0 aliphatic rings. The lowest BCUT2D eigenvalue weighted by Crippen LogP contribution is -2.23. The number of nitrogens with one attached hydrogen (secondary N) is 1. The molecule has 0 aliphatic heterocycles. The Morgan fingerprint density at radius 1 is 1.21 bits per heavy atom. The van der Waals surface area contributed by atoms with E-state index < -0.39 is 0 Å². The van der Waals surface area contributed by atoms with Crippen molar-refractivity contribution < 1.29 is 4.79 Å². The molecule has 0 unspecified atom stereocenters. The first-order chi connectivity index (χ1) is 11.8. The predicted octanol–water partition coefficient (Wildman–Crippen LogP) is 4.85. The maximum atomic E-state index is 12.5. The van der Waals surface area contributed by atoms with Crippen molar-refractivity contribution >= 4 is 29.0 Å². The molecule has 0 saturated carbocycles. The molecule has 3 nitrogen and oxygen atoms in total. The summed E-state index contributed by atoms with van der Waals surface area (Å²) in [6, 6.07) is 13.9. The first-order valence-electron chi connectivity index (χ1n) is 7.75. The Bertz CT molecular complexity index is 816. The fourth-order valence-electron chi connectivity index (χ4n) is 2.37. The second-order valence-corrected chi connectivity index (χ2v) is 7.42. The molecule has 1 aromatic carbocycles. The van der Waals surface area contributed by atoms with Crippen LogP contribution >= 0.6 is 23.1 Å². The highest BCUT2D eigenvalue weighted by atomic mass is 32.2. The van der Waals surface area contributed by atoms with Gasteiger partial charge in [0.25, 0.3) is 5.91 Å². The van der Waals surface area contributed by atoms with Crippen LogP contribution in [0.1, 0.15) is 22.8 Å². The number of carbonyl (C=O) groups excluding carboxylic acids is 1. The number of hydrogen-bond donors (Lipinski definition) is 1. The van der Waals surface area contributed by atoms with Gasteiger partial charge in [-0.2, -0.15) is 0 Å². The summed E-state index contributed by atoms with van der Waals surface area (Å²) in [5.74, 6) is 0.893. The van der Waals surface area contributed by atoms with Crippen LogP contribution in [0.2, 0.25) is 0 Å². The van der Waals surface area contributed by atoms with Gasteiger partial charge in [-0.05, 0) is 41.0 Å². The molecule has 0 aliphatic carbocycles. The Kier molecular flexibility index (Phi) is 5.67. The summed E-state index contributed by atoms with van der Waals surface area (Å²) >= 11 is 3.36. The van der Waals surface area contributed by atoms with Gasteiger partial charge in [0.05, 0.1) is 5.56 Å². The quantitative estimate of drug-likeness (QED) is 0.643. The Morgan fingerprint density at radius 2 is 2.08 bits per heavy atom. The molecular weight excluding hydrogens is 336 g/mol. The van der Waals surface area contributed by atoms with Gasteiger partial charge in [-0.1, -0.05) is 25.1 Å². The van der Waals surface area contributed by atoms with Crippen LogP contribution in [-0.4, -0.2) is 16.6 Å². The van der Waals surface area contributed by atoms with Crippen molar-refractivity contribution in [1.82, 2.24) is 10.3 Å². The molecule has 1 amide bonds. The molecule has 24 heavy (non-hydrogen) atoms. The van der Waals surface area contributed by atoms with E-state index in [9.17, 15) is 4.79 Å². The van der Waals surface area contributed by atoms with Crippen LogP contribution in [0.25, 0.3) is 10.4 Å². The number of pyridine rings is 1. The van der Waals surface area contributed by atoms with E-state index in [1.54, 1.807) is 29.3 Å². The lowest BCUT2D eigenvalue weighted by atomic mass is 10.1. The fourth-order valence-corrected chi connectivity index (χ4v) is 3.89. The summed E-state index contributed by atoms with van der Waals surface area (Å²) in [6.07, 6.45) is 3.65. The predicted molar refractivity (Wildman–Crippen MR) is 102 cm³/mol. The van der Waals surface area contributed by atoms with Crippen molar-refractivity contribution in [3.05, 3.63) is 71.4 Å². The van der Waals surface area contributed by atoms with Crippen LogP contribution in [0.15, 0.2) is 65.1 Å². The third-order valence-corrected chi connectivity index (χ3v) is 5.36. The molecule has 5 heteroatoms. The maximum Gasteiger partial charge on any atom is 0.252 e. The fraction of sp³-hybridized carbons (Fsp3) is 0.158. The van der Waals surface area contributed by atoms with Crippen LogP contribution in [-0.2, 0) is 6.54 Å². The van der Waals surface area contributed by atoms with Crippen LogP contribution in [0, 0.1) is 0 Å². The molecule has 0 atom stereocenters. The van der Waals surface area contributed by atoms with Crippen molar-refractivity contribution in [2.75, 3.05) is 5.75 Å². The lowest BCUT2D eigenvalue weighted by Gasteiger charge is -2.09. The lowest BCUT2D eigenvalue weighted by molar-refractivity contribution is 0.0948. The molecule has 3 aromatic rings. The highest BCUT2D eigenvalue weighted by molar-refractivity contribution is 7.99. The van der Waals surface area contributed by atoms with Crippen LogP contribution in [0.3, 0.4) is 0 Å². The average molecular weight is 355 g/mol. The molecular formula is C19H18N2OS2. The third-order valence-electron chi connectivity index (χ3n) is 3.49. The summed E-state index contributed by atoms with van der Waals surface area (Å²) in [4.78, 5) is 19.0. The number of amides is 1. The molecule has 0 spiro atoms. The van der Waals surface area contributed by atoms with E-state index in [-0.39, 0.29) is 5.91 Å². The molecule has 0 fully saturated rings. The zero-order valence-corrected chi connectivity index (χ0v) is 15.0. The van der Waals surface area contributed by atoms with E-state index in [1.165, 1.54) is 4.88 Å². The van der Waals surface area contributed by atoms with Gasteiger partial charge in [0, 0.05) is 34.3 Å². The van der Waals surface area contributed by atoms with Gasteiger partial charge in [-0.25, -0.2) is 0 Å². The minimum Gasteiger partial charge on any atom is -0.348 e. The highest BCUT2D eigenvalue weighted by Crippen LogP contribution is 2.25. The number of carbonyl (C=O) groups is 1. The number of thiophene rings is 1. The summed E-state index contributed by atoms with van der Waals surface area (Å²) in [5.41, 5.74) is 2.81. The van der Waals surface area contributed by atoms with Crippen LogP contribution < -0.4 is 5.32 Å². The zero-order valence-electron chi connectivity index (χ0n) is 13.4. The van der Waals surface area contributed by atoms with Gasteiger partial charge in [0.15, 0.2) is 0 Å². The molecule has 2 heterocycles. The molecule has 122 valence electrons. The maximum absolute atomic E-state index is 12.5. The molecule has 0 saturated heterocycles. The largest absolute Gasteiger partial charge is 0.348 e. The Hall–Kier alpha value is -2.11. The number of hydrogen-bond acceptors (Lipinski definition) is 4. The number of benzene rings is 1. The second kappa shape index (κ2) is 8.13. The van der Waals surface area contributed by atoms with E-state index in [1.807, 2.05) is 41.9 Å². The summed E-state index contributed by atoms with van der Waals surface area (Å²) in [6.45, 7) is 2.55. The van der Waals surface area contributed by atoms with Crippen molar-refractivity contribution in [2.24, 2.45) is 0 Å². The smallest absolute Gasteiger partial charge is 0.252 e. The van der Waals surface area contributed by atoms with E-state index >= 15 is 0 Å². The minimum absolute atomic E-state index is 0.0481. The Balaban J connectivity index is 1.70. The molecule has 1 N–H and O–H groups in total. The Labute approximate surface area is 150 Å². The summed E-state index contributed by atoms with van der Waals surface area (Å²) in [7, 11) is 0. The molecule has 2 aromatic heterocycles. The summed E-state index contributed by atoms with van der Waals surface area (Å²) in [5, 5.41) is 5.05. The SMILES string of the molecule is CCSc1ccccc1C(=O)NCc1cncc(-c2cccs2)c1. The molecule has 0 bridgehead atoms. The second-order valence-electron chi connectivity index (χ2n) is 5.17. The van der Waals surface area contributed by atoms with Crippen molar-refractivity contribution in [2.45, 2.75) is 18.4 Å². The third kappa shape index (κ3) is 4.04. The van der Waals surface area contributed by atoms with Gasteiger partial charge in [-0.3, -0.25) is 9.78 Å². The molecule has 0 radical (unpaired) electrons. The van der Waals surface area contributed by atoms with Gasteiger partial charge in [0.2, 0.25) is 0 Å². The van der Waals surface area contributed by atoms with E-state index in [2.05, 4.69) is 29.4 Å². The van der Waals surface area contributed by atoms with Crippen molar-refractivity contribution in [3.63, 3.8) is 0 Å². The van der Waals surface area contributed by atoms with Gasteiger partial charge >= 0.3 is 0 Å².